The average Bonchev–Trinajstić information content (AvgIpc) is 2.82. The van der Waals surface area contributed by atoms with Crippen LogP contribution in [0, 0.1) is 5.92 Å². The molecule has 1 aromatic rings. The van der Waals surface area contributed by atoms with Crippen LogP contribution in [0.2, 0.25) is 0 Å². The fourth-order valence-corrected chi connectivity index (χ4v) is 2.31. The van der Waals surface area contributed by atoms with Crippen molar-refractivity contribution in [3.8, 4) is 0 Å². The second kappa shape index (κ2) is 5.36. The van der Waals surface area contributed by atoms with Gasteiger partial charge in [-0.1, -0.05) is 6.92 Å². The lowest BCUT2D eigenvalue weighted by molar-refractivity contribution is -0.125. The van der Waals surface area contributed by atoms with Crippen molar-refractivity contribution < 1.29 is 9.21 Å². The van der Waals surface area contributed by atoms with Crippen molar-refractivity contribution >= 4 is 5.91 Å². The first-order valence-corrected chi connectivity index (χ1v) is 6.25. The first kappa shape index (κ1) is 12.2. The highest BCUT2D eigenvalue weighted by atomic mass is 16.3. The highest BCUT2D eigenvalue weighted by molar-refractivity contribution is 5.82. The summed E-state index contributed by atoms with van der Waals surface area (Å²) in [6.45, 7) is 4.98. The summed E-state index contributed by atoms with van der Waals surface area (Å²) in [5, 5.41) is 6.26. The van der Waals surface area contributed by atoms with E-state index in [9.17, 15) is 4.79 Å². The molecule has 2 rings (SSSR count). The Hall–Kier alpha value is -1.29. The lowest BCUT2D eigenvalue weighted by atomic mass is 9.92. The van der Waals surface area contributed by atoms with Gasteiger partial charge in [-0.25, -0.2) is 0 Å². The van der Waals surface area contributed by atoms with Crippen molar-refractivity contribution in [1.29, 1.82) is 0 Å². The van der Waals surface area contributed by atoms with Gasteiger partial charge >= 0.3 is 0 Å². The van der Waals surface area contributed by atoms with E-state index in [4.69, 9.17) is 4.42 Å². The molecule has 0 radical (unpaired) electrons. The van der Waals surface area contributed by atoms with Crippen LogP contribution in [0.5, 0.6) is 0 Å². The van der Waals surface area contributed by atoms with E-state index < -0.39 is 0 Å². The second-order valence-corrected chi connectivity index (χ2v) is 4.80. The van der Waals surface area contributed by atoms with Crippen LogP contribution in [0.4, 0.5) is 0 Å². The number of hydrogen-bond donors (Lipinski definition) is 2. The Morgan fingerprint density at radius 3 is 3.12 bits per heavy atom. The summed E-state index contributed by atoms with van der Waals surface area (Å²) in [4.78, 5) is 12.1. The molecule has 3 atom stereocenters. The van der Waals surface area contributed by atoms with Crippen molar-refractivity contribution in [3.63, 3.8) is 0 Å². The topological polar surface area (TPSA) is 54.3 Å². The molecule has 4 heteroatoms. The molecule has 0 spiro atoms. The maximum absolute atomic E-state index is 12.1. The monoisotopic (exact) mass is 236 g/mol. The molecule has 1 aliphatic heterocycles. The van der Waals surface area contributed by atoms with Crippen LogP contribution in [-0.2, 0) is 4.79 Å². The molecular weight excluding hydrogens is 216 g/mol. The Bertz CT molecular complexity index is 362. The maximum Gasteiger partial charge on any atom is 0.237 e. The Labute approximate surface area is 102 Å². The summed E-state index contributed by atoms with van der Waals surface area (Å²) in [7, 11) is 0. The summed E-state index contributed by atoms with van der Waals surface area (Å²) in [5.41, 5.74) is 0. The largest absolute Gasteiger partial charge is 0.467 e. The zero-order chi connectivity index (χ0) is 12.3. The number of furan rings is 1. The van der Waals surface area contributed by atoms with E-state index in [-0.39, 0.29) is 18.0 Å². The Morgan fingerprint density at radius 2 is 2.47 bits per heavy atom. The Balaban J connectivity index is 1.92. The maximum atomic E-state index is 12.1. The number of carbonyl (C=O) groups is 1. The molecule has 17 heavy (non-hydrogen) atoms. The molecule has 0 aromatic carbocycles. The number of carbonyl (C=O) groups excluding carboxylic acids is 1. The van der Waals surface area contributed by atoms with Gasteiger partial charge < -0.3 is 15.1 Å². The number of hydrogen-bond acceptors (Lipinski definition) is 3. The number of piperidine rings is 1. The smallest absolute Gasteiger partial charge is 0.237 e. The lowest BCUT2D eigenvalue weighted by Gasteiger charge is -2.29. The molecule has 1 aliphatic rings. The van der Waals surface area contributed by atoms with Crippen LogP contribution in [0.25, 0.3) is 0 Å². The van der Waals surface area contributed by atoms with E-state index in [0.29, 0.717) is 5.92 Å². The first-order valence-electron chi connectivity index (χ1n) is 6.25. The molecule has 1 saturated heterocycles. The van der Waals surface area contributed by atoms with Crippen molar-refractivity contribution in [2.45, 2.75) is 38.8 Å². The third-order valence-electron chi connectivity index (χ3n) is 3.38. The molecule has 1 amide bonds. The number of nitrogens with one attached hydrogen (secondary N) is 2. The summed E-state index contributed by atoms with van der Waals surface area (Å²) in [6.07, 6.45) is 3.89. The average molecular weight is 236 g/mol. The van der Waals surface area contributed by atoms with Gasteiger partial charge in [0.25, 0.3) is 0 Å². The standard InChI is InChI=1S/C13H20N2O2/c1-9-5-3-7-14-12(9)13(16)15-10(2)11-6-4-8-17-11/h4,6,8-10,12,14H,3,5,7H2,1-2H3,(H,15,16). The zero-order valence-corrected chi connectivity index (χ0v) is 10.4. The minimum atomic E-state index is -0.0755. The quantitative estimate of drug-likeness (QED) is 0.842. The fourth-order valence-electron chi connectivity index (χ4n) is 2.31. The van der Waals surface area contributed by atoms with Crippen LogP contribution in [0.15, 0.2) is 22.8 Å². The fraction of sp³-hybridized carbons (Fsp3) is 0.615. The first-order chi connectivity index (χ1) is 8.18. The van der Waals surface area contributed by atoms with Gasteiger partial charge in [0.1, 0.15) is 5.76 Å². The minimum absolute atomic E-state index is 0.0684. The third kappa shape index (κ3) is 2.88. The SMILES string of the molecule is CC(NC(=O)C1NCCCC1C)c1ccco1. The van der Waals surface area contributed by atoms with Crippen molar-refractivity contribution in [2.24, 2.45) is 5.92 Å². The van der Waals surface area contributed by atoms with Gasteiger partial charge in [-0.2, -0.15) is 0 Å². The molecule has 1 aromatic heterocycles. The summed E-state index contributed by atoms with van der Waals surface area (Å²) in [5.74, 6) is 1.26. The van der Waals surface area contributed by atoms with Gasteiger partial charge in [-0.05, 0) is 44.4 Å². The highest BCUT2D eigenvalue weighted by Gasteiger charge is 2.28. The molecule has 0 saturated carbocycles. The Morgan fingerprint density at radius 1 is 1.65 bits per heavy atom. The van der Waals surface area contributed by atoms with E-state index in [0.717, 1.165) is 25.1 Å². The van der Waals surface area contributed by atoms with E-state index in [1.165, 1.54) is 0 Å². The highest BCUT2D eigenvalue weighted by Crippen LogP contribution is 2.18. The van der Waals surface area contributed by atoms with Gasteiger partial charge in [0.2, 0.25) is 5.91 Å². The van der Waals surface area contributed by atoms with E-state index >= 15 is 0 Å². The predicted octanol–water partition coefficient (Wildman–Crippen LogP) is 1.84. The van der Waals surface area contributed by atoms with Crippen molar-refractivity contribution in [1.82, 2.24) is 10.6 Å². The molecule has 2 N–H and O–H groups in total. The van der Waals surface area contributed by atoms with Gasteiger partial charge in [0.05, 0.1) is 18.3 Å². The van der Waals surface area contributed by atoms with Crippen LogP contribution >= 0.6 is 0 Å². The molecule has 3 unspecified atom stereocenters. The molecule has 2 heterocycles. The predicted molar refractivity (Wildman–Crippen MR) is 65.5 cm³/mol. The summed E-state index contributed by atoms with van der Waals surface area (Å²) >= 11 is 0. The minimum Gasteiger partial charge on any atom is -0.467 e. The van der Waals surface area contributed by atoms with Gasteiger partial charge in [0, 0.05) is 0 Å². The number of amides is 1. The number of rotatable bonds is 3. The van der Waals surface area contributed by atoms with Crippen LogP contribution < -0.4 is 10.6 Å². The van der Waals surface area contributed by atoms with E-state index in [1.54, 1.807) is 6.26 Å². The molecule has 1 fully saturated rings. The zero-order valence-electron chi connectivity index (χ0n) is 10.4. The third-order valence-corrected chi connectivity index (χ3v) is 3.38. The van der Waals surface area contributed by atoms with Crippen molar-refractivity contribution in [3.05, 3.63) is 24.2 Å². The lowest BCUT2D eigenvalue weighted by Crippen LogP contribution is -2.51. The van der Waals surface area contributed by atoms with E-state index in [1.807, 2.05) is 19.1 Å². The Kier molecular flexibility index (Phi) is 3.84. The molecular formula is C13H20N2O2. The molecule has 4 nitrogen and oxygen atoms in total. The van der Waals surface area contributed by atoms with E-state index in [2.05, 4.69) is 17.6 Å². The van der Waals surface area contributed by atoms with Crippen LogP contribution in [0.1, 0.15) is 38.5 Å². The second-order valence-electron chi connectivity index (χ2n) is 4.80. The molecule has 94 valence electrons. The summed E-state index contributed by atoms with van der Waals surface area (Å²) in [6, 6.07) is 3.57. The van der Waals surface area contributed by atoms with Crippen LogP contribution in [0.3, 0.4) is 0 Å². The summed E-state index contributed by atoms with van der Waals surface area (Å²) < 4.78 is 5.28. The van der Waals surface area contributed by atoms with Crippen molar-refractivity contribution in [2.75, 3.05) is 6.54 Å². The molecule has 0 bridgehead atoms. The molecule has 0 aliphatic carbocycles. The van der Waals surface area contributed by atoms with Gasteiger partial charge in [0.15, 0.2) is 0 Å². The van der Waals surface area contributed by atoms with Gasteiger partial charge in [-0.3, -0.25) is 4.79 Å². The van der Waals surface area contributed by atoms with Crippen LogP contribution in [-0.4, -0.2) is 18.5 Å². The van der Waals surface area contributed by atoms with Gasteiger partial charge in [-0.15, -0.1) is 0 Å². The normalized spacial score (nSPS) is 26.5.